The van der Waals surface area contributed by atoms with Crippen molar-refractivity contribution >= 4 is 21.8 Å². The lowest BCUT2D eigenvalue weighted by Crippen LogP contribution is -2.54. The Labute approximate surface area is 115 Å². The normalized spacial score (nSPS) is 16.8. The largest absolute Gasteiger partial charge is 0.497 e. The standard InChI is InChI=1S/C13H17BrN2O2/c1-18-9-3-4-11(14)10(7-9)12(17)16-8-13(15)5-2-6-13/h3-4,7H,2,5-6,8,15H2,1H3,(H,16,17). The number of nitrogens with two attached hydrogens (primary N) is 1. The van der Waals surface area contributed by atoms with Gasteiger partial charge in [0.15, 0.2) is 0 Å². The molecule has 0 atom stereocenters. The molecule has 1 amide bonds. The summed E-state index contributed by atoms with van der Waals surface area (Å²) in [5.74, 6) is 0.534. The van der Waals surface area contributed by atoms with Crippen LogP contribution in [-0.4, -0.2) is 25.1 Å². The lowest BCUT2D eigenvalue weighted by molar-refractivity contribution is 0.0928. The van der Waals surface area contributed by atoms with E-state index in [1.165, 1.54) is 0 Å². The van der Waals surface area contributed by atoms with Gasteiger partial charge in [-0.2, -0.15) is 0 Å². The zero-order valence-electron chi connectivity index (χ0n) is 10.3. The van der Waals surface area contributed by atoms with Gasteiger partial charge in [0.25, 0.3) is 5.91 Å². The fraction of sp³-hybridized carbons (Fsp3) is 0.462. The maximum atomic E-state index is 12.1. The van der Waals surface area contributed by atoms with Crippen LogP contribution < -0.4 is 15.8 Å². The highest BCUT2D eigenvalue weighted by Gasteiger charge is 2.32. The Morgan fingerprint density at radius 3 is 2.83 bits per heavy atom. The minimum Gasteiger partial charge on any atom is -0.497 e. The van der Waals surface area contributed by atoms with Crippen molar-refractivity contribution in [2.45, 2.75) is 24.8 Å². The fourth-order valence-corrected chi connectivity index (χ4v) is 2.39. The monoisotopic (exact) mass is 312 g/mol. The predicted octanol–water partition coefficient (Wildman–Crippen LogP) is 2.07. The molecule has 98 valence electrons. The molecule has 0 saturated heterocycles. The van der Waals surface area contributed by atoms with Gasteiger partial charge in [-0.1, -0.05) is 0 Å². The van der Waals surface area contributed by atoms with Gasteiger partial charge in [0.05, 0.1) is 12.7 Å². The molecule has 0 bridgehead atoms. The zero-order chi connectivity index (χ0) is 13.2. The van der Waals surface area contributed by atoms with Crippen LogP contribution in [0.15, 0.2) is 22.7 Å². The molecule has 0 aromatic heterocycles. The smallest absolute Gasteiger partial charge is 0.252 e. The summed E-state index contributed by atoms with van der Waals surface area (Å²) >= 11 is 3.36. The van der Waals surface area contributed by atoms with Gasteiger partial charge < -0.3 is 15.8 Å². The highest BCUT2D eigenvalue weighted by atomic mass is 79.9. The minimum atomic E-state index is -0.207. The summed E-state index contributed by atoms with van der Waals surface area (Å²) in [5.41, 5.74) is 6.43. The van der Waals surface area contributed by atoms with Crippen LogP contribution in [0.5, 0.6) is 5.75 Å². The van der Waals surface area contributed by atoms with Crippen molar-refractivity contribution in [2.24, 2.45) is 5.73 Å². The van der Waals surface area contributed by atoms with Crippen molar-refractivity contribution in [3.8, 4) is 5.75 Å². The molecule has 1 saturated carbocycles. The van der Waals surface area contributed by atoms with Gasteiger partial charge in [-0.25, -0.2) is 0 Å². The summed E-state index contributed by atoms with van der Waals surface area (Å²) in [7, 11) is 1.58. The van der Waals surface area contributed by atoms with Crippen molar-refractivity contribution < 1.29 is 9.53 Å². The molecule has 2 rings (SSSR count). The van der Waals surface area contributed by atoms with Gasteiger partial charge >= 0.3 is 0 Å². The van der Waals surface area contributed by atoms with E-state index in [4.69, 9.17) is 10.5 Å². The number of hydrogen-bond donors (Lipinski definition) is 2. The average molecular weight is 313 g/mol. The Morgan fingerprint density at radius 1 is 1.56 bits per heavy atom. The number of ether oxygens (including phenoxy) is 1. The fourth-order valence-electron chi connectivity index (χ4n) is 1.96. The summed E-state index contributed by atoms with van der Waals surface area (Å²) in [6, 6.07) is 5.32. The molecule has 1 aliphatic carbocycles. The van der Waals surface area contributed by atoms with E-state index in [1.807, 2.05) is 0 Å². The molecule has 1 aromatic rings. The van der Waals surface area contributed by atoms with Crippen molar-refractivity contribution in [2.75, 3.05) is 13.7 Å². The maximum Gasteiger partial charge on any atom is 0.252 e. The number of carbonyl (C=O) groups is 1. The number of nitrogens with one attached hydrogen (secondary N) is 1. The van der Waals surface area contributed by atoms with Gasteiger partial charge in [-0.05, 0) is 53.4 Å². The molecule has 3 N–H and O–H groups in total. The molecule has 0 aliphatic heterocycles. The van der Waals surface area contributed by atoms with Gasteiger partial charge in [0.2, 0.25) is 0 Å². The molecule has 0 spiro atoms. The first-order valence-corrected chi connectivity index (χ1v) is 6.74. The van der Waals surface area contributed by atoms with E-state index in [1.54, 1.807) is 25.3 Å². The number of halogens is 1. The molecule has 18 heavy (non-hydrogen) atoms. The number of carbonyl (C=O) groups excluding carboxylic acids is 1. The van der Waals surface area contributed by atoms with Crippen molar-refractivity contribution in [1.82, 2.24) is 5.32 Å². The Balaban J connectivity index is 2.03. The van der Waals surface area contributed by atoms with Crippen molar-refractivity contribution in [3.63, 3.8) is 0 Å². The quantitative estimate of drug-likeness (QED) is 0.894. The van der Waals surface area contributed by atoms with Gasteiger partial charge in [-0.15, -0.1) is 0 Å². The third-order valence-corrected chi connectivity index (χ3v) is 4.06. The molecular weight excluding hydrogens is 296 g/mol. The highest BCUT2D eigenvalue weighted by Crippen LogP contribution is 2.28. The topological polar surface area (TPSA) is 64.3 Å². The first-order valence-electron chi connectivity index (χ1n) is 5.95. The highest BCUT2D eigenvalue weighted by molar-refractivity contribution is 9.10. The maximum absolute atomic E-state index is 12.1. The first kappa shape index (κ1) is 13.4. The van der Waals surface area contributed by atoms with Crippen LogP contribution in [-0.2, 0) is 0 Å². The van der Waals surface area contributed by atoms with E-state index >= 15 is 0 Å². The second-order valence-corrected chi connectivity index (χ2v) is 5.60. The van der Waals surface area contributed by atoms with Crippen LogP contribution in [0.1, 0.15) is 29.6 Å². The third-order valence-electron chi connectivity index (χ3n) is 3.37. The Kier molecular flexibility index (Phi) is 3.92. The molecule has 0 unspecified atom stereocenters. The molecule has 0 radical (unpaired) electrons. The molecule has 0 heterocycles. The van der Waals surface area contributed by atoms with Gasteiger partial charge in [0, 0.05) is 16.6 Å². The Bertz CT molecular complexity index is 458. The summed E-state index contributed by atoms with van der Waals surface area (Å²) in [4.78, 5) is 12.1. The molecular formula is C13H17BrN2O2. The van der Waals surface area contributed by atoms with Crippen molar-refractivity contribution in [3.05, 3.63) is 28.2 Å². The lowest BCUT2D eigenvalue weighted by atomic mass is 9.78. The van der Waals surface area contributed by atoms with Crippen LogP contribution in [0.25, 0.3) is 0 Å². The summed E-state index contributed by atoms with van der Waals surface area (Å²) < 4.78 is 5.86. The number of hydrogen-bond acceptors (Lipinski definition) is 3. The van der Waals surface area contributed by atoms with Crippen LogP contribution in [0, 0.1) is 0 Å². The predicted molar refractivity (Wildman–Crippen MR) is 73.8 cm³/mol. The minimum absolute atomic E-state index is 0.127. The summed E-state index contributed by atoms with van der Waals surface area (Å²) in [5, 5.41) is 2.88. The molecule has 5 heteroatoms. The number of rotatable bonds is 4. The number of amides is 1. The Hall–Kier alpha value is -1.07. The summed E-state index contributed by atoms with van der Waals surface area (Å²) in [6.45, 7) is 0.523. The van der Waals surface area contributed by atoms with Crippen LogP contribution in [0.4, 0.5) is 0 Å². The first-order chi connectivity index (χ1) is 8.54. The van der Waals surface area contributed by atoms with E-state index in [9.17, 15) is 4.79 Å². The van der Waals surface area contributed by atoms with Crippen LogP contribution >= 0.6 is 15.9 Å². The van der Waals surface area contributed by atoms with E-state index in [0.29, 0.717) is 17.9 Å². The van der Waals surface area contributed by atoms with Gasteiger partial charge in [0.1, 0.15) is 5.75 Å². The lowest BCUT2D eigenvalue weighted by Gasteiger charge is -2.38. The molecule has 1 aliphatic rings. The average Bonchev–Trinajstić information content (AvgIpc) is 2.34. The van der Waals surface area contributed by atoms with Gasteiger partial charge in [-0.3, -0.25) is 4.79 Å². The van der Waals surface area contributed by atoms with Crippen molar-refractivity contribution in [1.29, 1.82) is 0 Å². The Morgan fingerprint density at radius 2 is 2.28 bits per heavy atom. The third kappa shape index (κ3) is 2.84. The SMILES string of the molecule is COc1ccc(Br)c(C(=O)NCC2(N)CCC2)c1. The number of methoxy groups -OCH3 is 1. The van der Waals surface area contributed by atoms with E-state index in [2.05, 4.69) is 21.2 Å². The molecule has 4 nitrogen and oxygen atoms in total. The second-order valence-electron chi connectivity index (χ2n) is 4.74. The summed E-state index contributed by atoms with van der Waals surface area (Å²) in [6.07, 6.45) is 3.11. The van der Waals surface area contributed by atoms with E-state index < -0.39 is 0 Å². The second kappa shape index (κ2) is 5.28. The van der Waals surface area contributed by atoms with E-state index in [0.717, 1.165) is 23.7 Å². The van der Waals surface area contributed by atoms with Crippen LogP contribution in [0.2, 0.25) is 0 Å². The molecule has 1 aromatic carbocycles. The zero-order valence-corrected chi connectivity index (χ0v) is 11.9. The van der Waals surface area contributed by atoms with Crippen LogP contribution in [0.3, 0.4) is 0 Å². The molecule has 1 fully saturated rings. The van der Waals surface area contributed by atoms with E-state index in [-0.39, 0.29) is 11.4 Å². The number of benzene rings is 1.